The Hall–Kier alpha value is -2.04. The van der Waals surface area contributed by atoms with Gasteiger partial charge in [-0.3, -0.25) is 0 Å². The fraction of sp³-hybridized carbons (Fsp3) is 0.433. The molecule has 1 radical (unpaired) electrons. The maximum atomic E-state index is 8.56. The summed E-state index contributed by atoms with van der Waals surface area (Å²) in [5.74, 6) is 0.814. The first kappa shape index (κ1) is 29.2. The van der Waals surface area contributed by atoms with Gasteiger partial charge < -0.3 is 19.9 Å². The third-order valence-electron chi connectivity index (χ3n) is 6.38. The quantitative estimate of drug-likeness (QED) is 0.325. The zero-order valence-corrected chi connectivity index (χ0v) is 24.5. The third kappa shape index (κ3) is 6.40. The van der Waals surface area contributed by atoms with Gasteiger partial charge in [0.1, 0.15) is 5.75 Å². The Labute approximate surface area is 224 Å². The smallest absolute Gasteiger partial charge is 0.113 e. The van der Waals surface area contributed by atoms with Crippen molar-refractivity contribution in [2.75, 3.05) is 7.11 Å². The number of benzene rings is 2. The van der Waals surface area contributed by atoms with E-state index in [1.807, 2.05) is 18.2 Å². The summed E-state index contributed by atoms with van der Waals surface area (Å²) >= 11 is 0. The Kier molecular flexibility index (Phi) is 9.46. The van der Waals surface area contributed by atoms with Gasteiger partial charge in [0, 0.05) is 26.3 Å². The average Bonchev–Trinajstić information content (AvgIpc) is 2.99. The molecular formula is C30H38IrNO3-. The Morgan fingerprint density at radius 2 is 1.66 bits per heavy atom. The van der Waals surface area contributed by atoms with Crippen LogP contribution >= 0.6 is 0 Å². The van der Waals surface area contributed by atoms with Crippen LogP contribution in [0.5, 0.6) is 5.75 Å². The summed E-state index contributed by atoms with van der Waals surface area (Å²) in [6.07, 6.45) is 1.52. The van der Waals surface area contributed by atoms with E-state index in [2.05, 4.69) is 69.9 Å². The summed E-state index contributed by atoms with van der Waals surface area (Å²) in [5, 5.41) is 17.1. The monoisotopic (exact) mass is 653 g/mol. The van der Waals surface area contributed by atoms with Gasteiger partial charge in [-0.2, -0.15) is 0 Å². The largest absolute Gasteiger partial charge is 0.497 e. The summed E-state index contributed by atoms with van der Waals surface area (Å²) in [6, 6.07) is 18.5. The van der Waals surface area contributed by atoms with Crippen molar-refractivity contribution in [1.82, 2.24) is 4.98 Å². The van der Waals surface area contributed by atoms with E-state index in [0.29, 0.717) is 6.42 Å². The van der Waals surface area contributed by atoms with Crippen molar-refractivity contribution in [3.05, 3.63) is 71.4 Å². The van der Waals surface area contributed by atoms with Gasteiger partial charge in [0.25, 0.3) is 0 Å². The number of pyridine rings is 1. The maximum absolute atomic E-state index is 8.56. The van der Waals surface area contributed by atoms with Crippen LogP contribution in [-0.4, -0.2) is 34.5 Å². The number of aliphatic hydroxyl groups is 2. The van der Waals surface area contributed by atoms with E-state index in [1.54, 1.807) is 27.2 Å². The zero-order valence-electron chi connectivity index (χ0n) is 22.1. The van der Waals surface area contributed by atoms with Crippen molar-refractivity contribution >= 4 is 0 Å². The number of aliphatic hydroxyl groups excluding tert-OH is 2. The molecule has 2 N–H and O–H groups in total. The van der Waals surface area contributed by atoms with Gasteiger partial charge in [0.2, 0.25) is 0 Å². The van der Waals surface area contributed by atoms with Crippen molar-refractivity contribution in [2.24, 2.45) is 0 Å². The number of hydrogen-bond acceptors (Lipinski definition) is 4. The molecule has 0 spiro atoms. The number of methoxy groups -OCH3 is 1. The van der Waals surface area contributed by atoms with Crippen LogP contribution in [-0.2, 0) is 30.9 Å². The first-order chi connectivity index (χ1) is 15.9. The Morgan fingerprint density at radius 1 is 1.00 bits per heavy atom. The molecule has 1 aliphatic carbocycles. The predicted octanol–water partition coefficient (Wildman–Crippen LogP) is 6.30. The van der Waals surface area contributed by atoms with Gasteiger partial charge in [-0.05, 0) is 65.6 Å². The Bertz CT molecular complexity index is 1140. The van der Waals surface area contributed by atoms with Crippen LogP contribution in [0.4, 0.5) is 0 Å². The van der Waals surface area contributed by atoms with Crippen molar-refractivity contribution in [1.29, 1.82) is 0 Å². The van der Waals surface area contributed by atoms with Crippen molar-refractivity contribution in [3.8, 4) is 28.1 Å². The van der Waals surface area contributed by atoms with Gasteiger partial charge in [0.05, 0.1) is 19.3 Å². The molecule has 3 aromatic rings. The zero-order chi connectivity index (χ0) is 25.3. The fourth-order valence-electron chi connectivity index (χ4n) is 4.64. The Morgan fingerprint density at radius 3 is 2.20 bits per heavy atom. The molecule has 0 fully saturated rings. The van der Waals surface area contributed by atoms with Gasteiger partial charge >= 0.3 is 0 Å². The van der Waals surface area contributed by atoms with E-state index >= 15 is 0 Å². The van der Waals surface area contributed by atoms with Gasteiger partial charge in [-0.15, -0.1) is 29.3 Å². The molecule has 35 heavy (non-hydrogen) atoms. The molecule has 1 heterocycles. The Balaban J connectivity index is 0.000000476. The second-order valence-electron chi connectivity index (χ2n) is 10.8. The standard InChI is InChI=1S/C25H26NO.C5H12O2.Ir/c1-24(2,3)16-10-11-18-19-8-7-9-20(22-15-17(27-6)12-13-26-22)23(19)25(4,5)21(18)14-16;1-4(6)3-5(2)7;/h7-8,10-15H,1-6H3;4-7H,3H2,1-2H3;/q-1;;. The fourth-order valence-corrected chi connectivity index (χ4v) is 4.64. The van der Waals surface area contributed by atoms with Crippen LogP contribution in [0.2, 0.25) is 0 Å². The molecule has 2 aromatic carbocycles. The molecule has 0 amide bonds. The number of rotatable bonds is 4. The van der Waals surface area contributed by atoms with Gasteiger partial charge in [-0.1, -0.05) is 58.4 Å². The summed E-state index contributed by atoms with van der Waals surface area (Å²) in [4.78, 5) is 4.61. The van der Waals surface area contributed by atoms with Gasteiger partial charge in [-0.25, -0.2) is 0 Å². The second-order valence-corrected chi connectivity index (χ2v) is 10.8. The second kappa shape index (κ2) is 11.3. The van der Waals surface area contributed by atoms with Gasteiger partial charge in [0.15, 0.2) is 0 Å². The van der Waals surface area contributed by atoms with E-state index in [0.717, 1.165) is 17.0 Å². The molecule has 5 heteroatoms. The van der Waals surface area contributed by atoms with Crippen LogP contribution in [0, 0.1) is 6.07 Å². The van der Waals surface area contributed by atoms with E-state index in [9.17, 15) is 0 Å². The van der Waals surface area contributed by atoms with Crippen molar-refractivity contribution < 1.29 is 35.1 Å². The molecule has 2 unspecified atom stereocenters. The number of nitrogens with zero attached hydrogens (tertiary/aromatic N) is 1. The van der Waals surface area contributed by atoms with Crippen molar-refractivity contribution in [3.63, 3.8) is 0 Å². The first-order valence-electron chi connectivity index (χ1n) is 11.9. The summed E-state index contributed by atoms with van der Waals surface area (Å²) in [6.45, 7) is 14.7. The van der Waals surface area contributed by atoms with Crippen LogP contribution in [0.1, 0.15) is 71.6 Å². The van der Waals surface area contributed by atoms with Crippen LogP contribution < -0.4 is 4.74 Å². The summed E-state index contributed by atoms with van der Waals surface area (Å²) < 4.78 is 5.41. The molecular weight excluding hydrogens is 615 g/mol. The number of ether oxygens (including phenoxy) is 1. The molecule has 0 bridgehead atoms. The van der Waals surface area contributed by atoms with Crippen LogP contribution in [0.3, 0.4) is 0 Å². The molecule has 0 aliphatic heterocycles. The van der Waals surface area contributed by atoms with E-state index in [-0.39, 0.29) is 43.1 Å². The number of hydrogen-bond donors (Lipinski definition) is 2. The number of aromatic nitrogens is 1. The predicted molar refractivity (Wildman–Crippen MR) is 139 cm³/mol. The molecule has 0 saturated heterocycles. The average molecular weight is 653 g/mol. The minimum Gasteiger partial charge on any atom is -0.497 e. The summed E-state index contributed by atoms with van der Waals surface area (Å²) in [7, 11) is 1.69. The normalized spacial score (nSPS) is 15.0. The minimum absolute atomic E-state index is 0. The molecule has 1 aliphatic rings. The van der Waals surface area contributed by atoms with Crippen LogP contribution in [0.15, 0.2) is 48.7 Å². The topological polar surface area (TPSA) is 62.6 Å². The SMILES string of the molecule is CC(O)CC(C)O.COc1ccnc(-c2[c-]ccc3c2C(C)(C)c2cc(C(C)(C)C)ccc2-3)c1.[Ir]. The first-order valence-corrected chi connectivity index (χ1v) is 11.9. The van der Waals surface area contributed by atoms with Crippen molar-refractivity contribution in [2.45, 2.75) is 77.9 Å². The molecule has 4 rings (SSSR count). The molecule has 4 nitrogen and oxygen atoms in total. The maximum Gasteiger partial charge on any atom is 0.113 e. The molecule has 2 atom stereocenters. The minimum atomic E-state index is -0.375. The van der Waals surface area contributed by atoms with Crippen LogP contribution in [0.25, 0.3) is 22.4 Å². The molecule has 0 saturated carbocycles. The molecule has 1 aromatic heterocycles. The summed E-state index contributed by atoms with van der Waals surface area (Å²) in [5.41, 5.74) is 8.64. The van der Waals surface area contributed by atoms with E-state index in [1.165, 1.54) is 27.8 Å². The molecule has 191 valence electrons. The van der Waals surface area contributed by atoms with E-state index in [4.69, 9.17) is 14.9 Å². The van der Waals surface area contributed by atoms with E-state index < -0.39 is 0 Å². The third-order valence-corrected chi connectivity index (χ3v) is 6.38. The number of fused-ring (bicyclic) bond motifs is 3.